The molecule has 0 bridgehead atoms. The Balaban J connectivity index is 1.64. The van der Waals surface area contributed by atoms with Crippen molar-refractivity contribution in [2.24, 2.45) is 0 Å². The van der Waals surface area contributed by atoms with Crippen LogP contribution >= 0.6 is 0 Å². The maximum Gasteiger partial charge on any atom is 0.261 e. The molecule has 6 nitrogen and oxygen atoms in total. The summed E-state index contributed by atoms with van der Waals surface area (Å²) in [4.78, 5) is 17.1. The standard InChI is InChI=1S/C20H25N3O3S/c1-16(2)22-12-14-23(15-13-22)20(24)17-8-10-18(11-9-17)21-27(25,26)19-6-4-3-5-7-19/h3-11,16,21H,12-15H2,1-2H3. The highest BCUT2D eigenvalue weighted by Crippen LogP contribution is 2.18. The van der Waals surface area contributed by atoms with Crippen molar-refractivity contribution in [1.29, 1.82) is 0 Å². The topological polar surface area (TPSA) is 69.7 Å². The molecule has 1 aliphatic rings. The molecule has 1 saturated heterocycles. The van der Waals surface area contributed by atoms with Crippen LogP contribution in [0.15, 0.2) is 59.5 Å². The molecule has 1 heterocycles. The zero-order valence-corrected chi connectivity index (χ0v) is 16.4. The first kappa shape index (κ1) is 19.4. The van der Waals surface area contributed by atoms with Crippen LogP contribution in [0, 0.1) is 0 Å². The van der Waals surface area contributed by atoms with Crippen molar-refractivity contribution in [1.82, 2.24) is 9.80 Å². The summed E-state index contributed by atoms with van der Waals surface area (Å²) in [6.45, 7) is 7.48. The zero-order chi connectivity index (χ0) is 19.4. The second kappa shape index (κ2) is 8.10. The molecule has 1 N–H and O–H groups in total. The van der Waals surface area contributed by atoms with Crippen molar-refractivity contribution >= 4 is 21.6 Å². The summed E-state index contributed by atoms with van der Waals surface area (Å²) in [6, 6.07) is 15.3. The molecule has 2 aromatic carbocycles. The van der Waals surface area contributed by atoms with E-state index in [0.717, 1.165) is 13.1 Å². The molecule has 1 amide bonds. The molecule has 1 aliphatic heterocycles. The summed E-state index contributed by atoms with van der Waals surface area (Å²) >= 11 is 0. The van der Waals surface area contributed by atoms with Crippen LogP contribution in [-0.4, -0.2) is 56.3 Å². The Bertz CT molecular complexity index is 872. The number of rotatable bonds is 5. The van der Waals surface area contributed by atoms with Crippen LogP contribution in [-0.2, 0) is 10.0 Å². The van der Waals surface area contributed by atoms with Gasteiger partial charge in [0.1, 0.15) is 0 Å². The molecule has 2 aromatic rings. The number of sulfonamides is 1. The monoisotopic (exact) mass is 387 g/mol. The summed E-state index contributed by atoms with van der Waals surface area (Å²) in [6.07, 6.45) is 0. The Morgan fingerprint density at radius 3 is 2.07 bits per heavy atom. The van der Waals surface area contributed by atoms with E-state index in [9.17, 15) is 13.2 Å². The fourth-order valence-corrected chi connectivity index (χ4v) is 4.20. The van der Waals surface area contributed by atoms with Gasteiger partial charge in [0.2, 0.25) is 0 Å². The van der Waals surface area contributed by atoms with Crippen LogP contribution < -0.4 is 4.72 Å². The maximum atomic E-state index is 12.7. The van der Waals surface area contributed by atoms with Gasteiger partial charge in [-0.25, -0.2) is 8.42 Å². The van der Waals surface area contributed by atoms with Crippen LogP contribution in [0.2, 0.25) is 0 Å². The Hall–Kier alpha value is -2.38. The number of piperazine rings is 1. The van der Waals surface area contributed by atoms with Crippen LogP contribution in [0.5, 0.6) is 0 Å². The highest BCUT2D eigenvalue weighted by atomic mass is 32.2. The van der Waals surface area contributed by atoms with Crippen molar-refractivity contribution in [3.8, 4) is 0 Å². The molecule has 0 spiro atoms. The van der Waals surface area contributed by atoms with E-state index in [2.05, 4.69) is 23.5 Å². The van der Waals surface area contributed by atoms with Gasteiger partial charge in [-0.1, -0.05) is 18.2 Å². The van der Waals surface area contributed by atoms with Gasteiger partial charge in [-0.3, -0.25) is 14.4 Å². The Labute approximate surface area is 160 Å². The third-order valence-corrected chi connectivity index (χ3v) is 6.17. The summed E-state index contributed by atoms with van der Waals surface area (Å²) in [5.74, 6) is -0.0177. The normalized spacial score (nSPS) is 15.7. The molecular weight excluding hydrogens is 362 g/mol. The van der Waals surface area contributed by atoms with Crippen molar-refractivity contribution in [3.05, 3.63) is 60.2 Å². The number of nitrogens with zero attached hydrogens (tertiary/aromatic N) is 2. The molecule has 1 fully saturated rings. The minimum atomic E-state index is -3.63. The van der Waals surface area contributed by atoms with E-state index in [-0.39, 0.29) is 10.8 Å². The van der Waals surface area contributed by atoms with Gasteiger partial charge in [-0.05, 0) is 50.2 Å². The number of hydrogen-bond donors (Lipinski definition) is 1. The van der Waals surface area contributed by atoms with E-state index in [1.165, 1.54) is 12.1 Å². The van der Waals surface area contributed by atoms with Gasteiger partial charge in [0.05, 0.1) is 4.90 Å². The first-order valence-corrected chi connectivity index (χ1v) is 10.6. The quantitative estimate of drug-likeness (QED) is 0.856. The van der Waals surface area contributed by atoms with Crippen molar-refractivity contribution in [2.75, 3.05) is 30.9 Å². The van der Waals surface area contributed by atoms with Crippen molar-refractivity contribution in [3.63, 3.8) is 0 Å². The minimum Gasteiger partial charge on any atom is -0.336 e. The third kappa shape index (κ3) is 4.67. The first-order valence-electron chi connectivity index (χ1n) is 9.08. The van der Waals surface area contributed by atoms with Gasteiger partial charge >= 0.3 is 0 Å². The van der Waals surface area contributed by atoms with Gasteiger partial charge in [-0.15, -0.1) is 0 Å². The first-order chi connectivity index (χ1) is 12.9. The Morgan fingerprint density at radius 2 is 1.52 bits per heavy atom. The van der Waals surface area contributed by atoms with Crippen LogP contribution in [0.1, 0.15) is 24.2 Å². The lowest BCUT2D eigenvalue weighted by molar-refractivity contribution is 0.0595. The molecule has 0 atom stereocenters. The second-order valence-electron chi connectivity index (χ2n) is 6.92. The lowest BCUT2D eigenvalue weighted by atomic mass is 10.1. The van der Waals surface area contributed by atoms with Gasteiger partial charge in [0.15, 0.2) is 0 Å². The SMILES string of the molecule is CC(C)N1CCN(C(=O)c2ccc(NS(=O)(=O)c3ccccc3)cc2)CC1. The van der Waals surface area contributed by atoms with Crippen LogP contribution in [0.3, 0.4) is 0 Å². The van der Waals surface area contributed by atoms with E-state index in [1.54, 1.807) is 42.5 Å². The van der Waals surface area contributed by atoms with Gasteiger partial charge in [0.25, 0.3) is 15.9 Å². The number of benzene rings is 2. The smallest absolute Gasteiger partial charge is 0.261 e. The van der Waals surface area contributed by atoms with E-state index in [4.69, 9.17) is 0 Å². The molecule has 0 aromatic heterocycles. The minimum absolute atomic E-state index is 0.0177. The predicted molar refractivity (Wildman–Crippen MR) is 106 cm³/mol. The lowest BCUT2D eigenvalue weighted by Crippen LogP contribution is -2.50. The number of carbonyl (C=O) groups is 1. The number of hydrogen-bond acceptors (Lipinski definition) is 4. The largest absolute Gasteiger partial charge is 0.336 e. The molecule has 0 saturated carbocycles. The van der Waals surface area contributed by atoms with Crippen LogP contribution in [0.4, 0.5) is 5.69 Å². The van der Waals surface area contributed by atoms with Gasteiger partial charge in [-0.2, -0.15) is 0 Å². The summed E-state index contributed by atoms with van der Waals surface area (Å²) in [5.41, 5.74) is 0.996. The van der Waals surface area contributed by atoms with E-state index >= 15 is 0 Å². The van der Waals surface area contributed by atoms with Gasteiger partial charge in [0, 0.05) is 43.5 Å². The van der Waals surface area contributed by atoms with Gasteiger partial charge < -0.3 is 4.90 Å². The second-order valence-corrected chi connectivity index (χ2v) is 8.60. The highest BCUT2D eigenvalue weighted by molar-refractivity contribution is 7.92. The van der Waals surface area contributed by atoms with Crippen LogP contribution in [0.25, 0.3) is 0 Å². The summed E-state index contributed by atoms with van der Waals surface area (Å²) in [7, 11) is -3.63. The molecule has 0 aliphatic carbocycles. The highest BCUT2D eigenvalue weighted by Gasteiger charge is 2.23. The van der Waals surface area contributed by atoms with Crippen molar-refractivity contribution in [2.45, 2.75) is 24.8 Å². The molecule has 3 rings (SSSR count). The number of anilines is 1. The maximum absolute atomic E-state index is 12.7. The Morgan fingerprint density at radius 1 is 0.926 bits per heavy atom. The molecule has 7 heteroatoms. The molecular formula is C20H25N3O3S. The number of nitrogens with one attached hydrogen (secondary N) is 1. The molecule has 27 heavy (non-hydrogen) atoms. The third-order valence-electron chi connectivity index (χ3n) is 4.77. The molecule has 0 unspecified atom stereocenters. The van der Waals surface area contributed by atoms with E-state index in [1.807, 2.05) is 4.90 Å². The number of carbonyl (C=O) groups excluding carboxylic acids is 1. The summed E-state index contributed by atoms with van der Waals surface area (Å²) < 4.78 is 27.3. The van der Waals surface area contributed by atoms with E-state index in [0.29, 0.717) is 30.4 Å². The Kier molecular flexibility index (Phi) is 5.82. The average molecular weight is 388 g/mol. The molecule has 0 radical (unpaired) electrons. The molecule has 144 valence electrons. The fourth-order valence-electron chi connectivity index (χ4n) is 3.12. The zero-order valence-electron chi connectivity index (χ0n) is 15.6. The van der Waals surface area contributed by atoms with E-state index < -0.39 is 10.0 Å². The predicted octanol–water partition coefficient (Wildman–Crippen LogP) is 2.65. The number of amides is 1. The fraction of sp³-hybridized carbons (Fsp3) is 0.350. The average Bonchev–Trinajstić information content (AvgIpc) is 2.68. The van der Waals surface area contributed by atoms with Crippen molar-refractivity contribution < 1.29 is 13.2 Å². The lowest BCUT2D eigenvalue weighted by Gasteiger charge is -2.37. The summed E-state index contributed by atoms with van der Waals surface area (Å²) in [5, 5.41) is 0.